The molecule has 0 aliphatic carbocycles. The minimum absolute atomic E-state index is 0.0998. The first-order valence-electron chi connectivity index (χ1n) is 10.2. The first kappa shape index (κ1) is 23.3. The number of guanidine groups is 1. The smallest absolute Gasteiger partial charge is 0.436 e. The van der Waals surface area contributed by atoms with Crippen molar-refractivity contribution in [2.45, 2.75) is 32.2 Å². The standard InChI is InChI=1S/C21H24N6O4S/c1-2-3-4-16(28)13-5-7-14(8-6-13)22-11-15-12-23-18-17(24-15)19(29)26-20(25-18)27-21(30)31-9-10-32/h5-8,12,17,22,32H,2-4,9-11H2,1H3,(H,26,27,29,30). The van der Waals surface area contributed by atoms with Crippen molar-refractivity contribution in [3.05, 3.63) is 29.8 Å². The van der Waals surface area contributed by atoms with Crippen LogP contribution in [0.1, 0.15) is 36.5 Å². The molecule has 0 radical (unpaired) electrons. The molecule has 2 aliphatic rings. The van der Waals surface area contributed by atoms with E-state index in [1.165, 1.54) is 6.21 Å². The van der Waals surface area contributed by atoms with E-state index in [9.17, 15) is 14.4 Å². The zero-order chi connectivity index (χ0) is 22.9. The van der Waals surface area contributed by atoms with Crippen molar-refractivity contribution in [3.63, 3.8) is 0 Å². The van der Waals surface area contributed by atoms with Crippen LogP contribution in [0, 0.1) is 0 Å². The number of thiol groups is 1. The van der Waals surface area contributed by atoms with Crippen molar-refractivity contribution < 1.29 is 19.1 Å². The van der Waals surface area contributed by atoms with Gasteiger partial charge in [0.25, 0.3) is 5.91 Å². The number of rotatable bonds is 9. The van der Waals surface area contributed by atoms with Gasteiger partial charge in [-0.1, -0.05) is 13.3 Å². The highest BCUT2D eigenvalue weighted by Gasteiger charge is 2.32. The van der Waals surface area contributed by atoms with Crippen LogP contribution in [0.2, 0.25) is 0 Å². The maximum absolute atomic E-state index is 12.4. The monoisotopic (exact) mass is 456 g/mol. The molecule has 32 heavy (non-hydrogen) atoms. The van der Waals surface area contributed by atoms with E-state index in [1.807, 2.05) is 12.1 Å². The number of unbranched alkanes of at least 4 members (excludes halogenated alkanes) is 1. The van der Waals surface area contributed by atoms with Gasteiger partial charge in [-0.05, 0) is 30.7 Å². The minimum atomic E-state index is -0.914. The lowest BCUT2D eigenvalue weighted by Crippen LogP contribution is -2.48. The Morgan fingerprint density at radius 1 is 1.28 bits per heavy atom. The van der Waals surface area contributed by atoms with Crippen molar-refractivity contribution >= 4 is 59.8 Å². The van der Waals surface area contributed by atoms with Crippen molar-refractivity contribution in [2.24, 2.45) is 20.0 Å². The molecule has 2 heterocycles. The number of carbonyl (C=O) groups excluding carboxylic acids is 3. The second kappa shape index (κ2) is 11.3. The summed E-state index contributed by atoms with van der Waals surface area (Å²) >= 11 is 3.93. The number of benzene rings is 1. The topological polar surface area (TPSA) is 134 Å². The third-order valence-electron chi connectivity index (χ3n) is 4.54. The highest BCUT2D eigenvalue weighted by molar-refractivity contribution is 7.80. The number of carbonyl (C=O) groups is 3. The number of ether oxygens (including phenoxy) is 1. The molecular weight excluding hydrogens is 432 g/mol. The molecule has 2 aliphatic heterocycles. The van der Waals surface area contributed by atoms with E-state index in [4.69, 9.17) is 4.74 Å². The van der Waals surface area contributed by atoms with Crippen LogP contribution in [0.4, 0.5) is 10.5 Å². The highest BCUT2D eigenvalue weighted by atomic mass is 32.1. The number of Topliss-reactive ketones (excluding diaryl/α,β-unsaturated/α-hetero) is 1. The summed E-state index contributed by atoms with van der Waals surface area (Å²) in [5, 5.41) is 5.61. The summed E-state index contributed by atoms with van der Waals surface area (Å²) in [6, 6.07) is 6.32. The van der Waals surface area contributed by atoms with Crippen LogP contribution in [0.15, 0.2) is 44.2 Å². The molecule has 2 N–H and O–H groups in total. The van der Waals surface area contributed by atoms with E-state index in [0.717, 1.165) is 18.5 Å². The summed E-state index contributed by atoms with van der Waals surface area (Å²) in [5.74, 6) is -0.0346. The number of amidine groups is 1. The van der Waals surface area contributed by atoms with Crippen LogP contribution in [0.5, 0.6) is 0 Å². The summed E-state index contributed by atoms with van der Waals surface area (Å²) in [4.78, 5) is 52.2. The van der Waals surface area contributed by atoms with Crippen LogP contribution in [-0.4, -0.2) is 66.5 Å². The predicted molar refractivity (Wildman–Crippen MR) is 127 cm³/mol. The van der Waals surface area contributed by atoms with E-state index in [0.29, 0.717) is 30.0 Å². The maximum Gasteiger partial charge on any atom is 0.436 e. The van der Waals surface area contributed by atoms with Crippen LogP contribution < -0.4 is 10.6 Å². The number of aliphatic imine (C=N–C) groups is 4. The first-order chi connectivity index (χ1) is 15.5. The normalized spacial score (nSPS) is 18.4. The van der Waals surface area contributed by atoms with Crippen molar-refractivity contribution in [3.8, 4) is 0 Å². The van der Waals surface area contributed by atoms with Crippen molar-refractivity contribution in [1.29, 1.82) is 0 Å². The number of nitrogens with zero attached hydrogens (tertiary/aromatic N) is 4. The largest absolute Gasteiger partial charge is 0.447 e. The van der Waals surface area contributed by atoms with Crippen molar-refractivity contribution in [1.82, 2.24) is 5.32 Å². The zero-order valence-corrected chi connectivity index (χ0v) is 18.5. The lowest BCUT2D eigenvalue weighted by molar-refractivity contribution is -0.119. The summed E-state index contributed by atoms with van der Waals surface area (Å²) < 4.78 is 4.78. The summed E-state index contributed by atoms with van der Waals surface area (Å²) in [6.45, 7) is 2.49. The molecule has 11 heteroatoms. The average Bonchev–Trinajstić information content (AvgIpc) is 2.80. The Hall–Kier alpha value is -3.34. The molecule has 1 aromatic rings. The van der Waals surface area contributed by atoms with Gasteiger partial charge in [-0.15, -0.1) is 4.99 Å². The van der Waals surface area contributed by atoms with Gasteiger partial charge in [0.1, 0.15) is 6.61 Å². The van der Waals surface area contributed by atoms with Gasteiger partial charge in [0.2, 0.25) is 5.96 Å². The Kier molecular flexibility index (Phi) is 8.26. The average molecular weight is 457 g/mol. The maximum atomic E-state index is 12.4. The summed E-state index contributed by atoms with van der Waals surface area (Å²) in [6.07, 6.45) is 3.04. The highest BCUT2D eigenvalue weighted by Crippen LogP contribution is 2.13. The molecule has 1 atom stereocenters. The molecule has 2 amide bonds. The minimum Gasteiger partial charge on any atom is -0.447 e. The number of hydrogen-bond donors (Lipinski definition) is 3. The fraction of sp³-hybridized carbons (Fsp3) is 0.381. The van der Waals surface area contributed by atoms with Gasteiger partial charge in [-0.25, -0.2) is 9.79 Å². The fourth-order valence-electron chi connectivity index (χ4n) is 2.89. The second-order valence-electron chi connectivity index (χ2n) is 6.97. The van der Waals surface area contributed by atoms with Crippen LogP contribution >= 0.6 is 12.6 Å². The fourth-order valence-corrected chi connectivity index (χ4v) is 2.98. The van der Waals surface area contributed by atoms with Gasteiger partial charge in [0.05, 0.1) is 18.5 Å². The van der Waals surface area contributed by atoms with Crippen molar-refractivity contribution in [2.75, 3.05) is 24.2 Å². The molecular formula is C21H24N6O4S. The quantitative estimate of drug-likeness (QED) is 0.387. The molecule has 0 aromatic heterocycles. The molecule has 0 fully saturated rings. The Labute approximate surface area is 190 Å². The Bertz CT molecular complexity index is 1000. The van der Waals surface area contributed by atoms with E-state index >= 15 is 0 Å². The number of hydrogen-bond acceptors (Lipinski definition) is 8. The van der Waals surface area contributed by atoms with Gasteiger partial charge >= 0.3 is 6.09 Å². The zero-order valence-electron chi connectivity index (χ0n) is 17.6. The van der Waals surface area contributed by atoms with Gasteiger partial charge < -0.3 is 10.1 Å². The molecule has 0 saturated carbocycles. The molecule has 168 valence electrons. The number of amides is 2. The van der Waals surface area contributed by atoms with Crippen LogP contribution in [-0.2, 0) is 9.53 Å². The number of fused-ring (bicyclic) bond motifs is 1. The van der Waals surface area contributed by atoms with E-state index in [1.54, 1.807) is 12.1 Å². The van der Waals surface area contributed by atoms with E-state index in [2.05, 4.69) is 50.2 Å². The van der Waals surface area contributed by atoms with Crippen LogP contribution in [0.3, 0.4) is 0 Å². The van der Waals surface area contributed by atoms with Gasteiger partial charge in [-0.3, -0.25) is 19.9 Å². The number of ketones is 1. The molecule has 1 aromatic carbocycles. The van der Waals surface area contributed by atoms with Gasteiger partial charge in [-0.2, -0.15) is 17.6 Å². The predicted octanol–water partition coefficient (Wildman–Crippen LogP) is 2.32. The first-order valence-corrected chi connectivity index (χ1v) is 10.9. The Morgan fingerprint density at radius 2 is 2.06 bits per heavy atom. The van der Waals surface area contributed by atoms with Gasteiger partial charge in [0, 0.05) is 23.4 Å². The molecule has 3 rings (SSSR count). The molecule has 0 bridgehead atoms. The summed E-state index contributed by atoms with van der Waals surface area (Å²) in [7, 11) is 0. The van der Waals surface area contributed by atoms with Crippen LogP contribution in [0.25, 0.3) is 0 Å². The SMILES string of the molecule is CCCCC(=O)c1ccc(NCC2=NC3C(=O)N/C(=N\C(=O)OCCS)N=C3N=C2)cc1. The Balaban J connectivity index is 1.59. The van der Waals surface area contributed by atoms with Gasteiger partial charge in [0.15, 0.2) is 17.7 Å². The van der Waals surface area contributed by atoms with E-state index < -0.39 is 18.0 Å². The third-order valence-corrected chi connectivity index (χ3v) is 4.72. The number of anilines is 1. The van der Waals surface area contributed by atoms with E-state index in [-0.39, 0.29) is 24.2 Å². The molecule has 1 unspecified atom stereocenters. The Morgan fingerprint density at radius 3 is 2.78 bits per heavy atom. The molecule has 0 saturated heterocycles. The molecule has 10 nitrogen and oxygen atoms in total. The summed E-state index contributed by atoms with van der Waals surface area (Å²) in [5.41, 5.74) is 2.06. The second-order valence-corrected chi connectivity index (χ2v) is 7.42. The third kappa shape index (κ3) is 6.33. The number of nitrogens with one attached hydrogen (secondary N) is 2. The lowest BCUT2D eigenvalue weighted by Gasteiger charge is -2.21. The lowest BCUT2D eigenvalue weighted by atomic mass is 10.1. The molecule has 0 spiro atoms.